The Labute approximate surface area is 147 Å². The maximum absolute atomic E-state index is 12.8. The third kappa shape index (κ3) is 3.83. The summed E-state index contributed by atoms with van der Waals surface area (Å²) in [5, 5.41) is 12.7. The summed E-state index contributed by atoms with van der Waals surface area (Å²) in [5.41, 5.74) is 2.73. The van der Waals surface area contributed by atoms with E-state index < -0.39 is 10.0 Å². The summed E-state index contributed by atoms with van der Waals surface area (Å²) in [6.07, 6.45) is 5.51. The molecule has 0 amide bonds. The Bertz CT molecular complexity index is 877. The van der Waals surface area contributed by atoms with Crippen LogP contribution in [0.3, 0.4) is 0 Å². The maximum atomic E-state index is 12.8. The van der Waals surface area contributed by atoms with Crippen molar-refractivity contribution in [1.82, 2.24) is 9.29 Å². The number of sulfonamides is 1. The predicted molar refractivity (Wildman–Crippen MR) is 97.9 cm³/mol. The number of benzene rings is 1. The number of hydrogen-bond donors (Lipinski definition) is 2. The molecule has 1 aliphatic heterocycles. The van der Waals surface area contributed by atoms with Gasteiger partial charge in [0.15, 0.2) is 0 Å². The van der Waals surface area contributed by atoms with Crippen LogP contribution in [0.15, 0.2) is 53.7 Å². The van der Waals surface area contributed by atoms with Crippen LogP contribution in [-0.4, -0.2) is 42.4 Å². The molecule has 0 saturated carbocycles. The number of pyridine rings is 1. The number of rotatable bonds is 5. The molecule has 0 bridgehead atoms. The molecule has 2 aromatic rings. The van der Waals surface area contributed by atoms with Gasteiger partial charge in [-0.3, -0.25) is 4.98 Å². The van der Waals surface area contributed by atoms with Crippen LogP contribution in [0.4, 0.5) is 5.69 Å². The quantitative estimate of drug-likeness (QED) is 0.858. The monoisotopic (exact) mass is 359 g/mol. The van der Waals surface area contributed by atoms with Crippen LogP contribution >= 0.6 is 0 Å². The fraction of sp³-hybridized carbons (Fsp3) is 0.278. The molecule has 1 aromatic heterocycles. The van der Waals surface area contributed by atoms with E-state index in [-0.39, 0.29) is 5.75 Å². The lowest BCUT2D eigenvalue weighted by molar-refractivity contribution is 0.441. The van der Waals surface area contributed by atoms with Crippen molar-refractivity contribution in [2.75, 3.05) is 25.0 Å². The van der Waals surface area contributed by atoms with Gasteiger partial charge in [-0.05, 0) is 54.8 Å². The zero-order valence-corrected chi connectivity index (χ0v) is 14.8. The molecule has 132 valence electrons. The molecular formula is C18H21N3O3S. The maximum Gasteiger partial charge on any atom is 0.243 e. The molecule has 0 spiro atoms. The first-order valence-electron chi connectivity index (χ1n) is 8.18. The van der Waals surface area contributed by atoms with Crippen molar-refractivity contribution in [3.8, 4) is 5.75 Å². The molecule has 1 aliphatic rings. The van der Waals surface area contributed by atoms with Crippen LogP contribution in [0.5, 0.6) is 5.75 Å². The molecule has 0 radical (unpaired) electrons. The van der Waals surface area contributed by atoms with Crippen LogP contribution < -0.4 is 5.32 Å². The summed E-state index contributed by atoms with van der Waals surface area (Å²) in [6, 6.07) is 8.46. The number of anilines is 1. The first-order valence-corrected chi connectivity index (χ1v) is 9.62. The highest BCUT2D eigenvalue weighted by Crippen LogP contribution is 2.27. The van der Waals surface area contributed by atoms with Gasteiger partial charge in [0.05, 0.1) is 11.1 Å². The second-order valence-corrected chi connectivity index (χ2v) is 7.77. The van der Waals surface area contributed by atoms with Crippen molar-refractivity contribution >= 4 is 21.3 Å². The molecule has 1 aromatic carbocycles. The SMILES string of the molecule is CCNc1ccc(S(=O)(=O)N2CC=C(c3cncc(O)c3)CC2)cc1. The van der Waals surface area contributed by atoms with Crippen LogP contribution in [0.2, 0.25) is 0 Å². The molecule has 0 aliphatic carbocycles. The molecule has 6 nitrogen and oxygen atoms in total. The average Bonchev–Trinajstić information content (AvgIpc) is 2.63. The van der Waals surface area contributed by atoms with Crippen molar-refractivity contribution in [2.24, 2.45) is 0 Å². The van der Waals surface area contributed by atoms with Gasteiger partial charge in [0, 0.05) is 31.5 Å². The van der Waals surface area contributed by atoms with E-state index in [1.165, 1.54) is 10.5 Å². The highest BCUT2D eigenvalue weighted by atomic mass is 32.2. The Morgan fingerprint density at radius 2 is 2.00 bits per heavy atom. The summed E-state index contributed by atoms with van der Waals surface area (Å²) in [6.45, 7) is 3.49. The minimum absolute atomic E-state index is 0.106. The molecule has 3 rings (SSSR count). The Morgan fingerprint density at radius 3 is 2.60 bits per heavy atom. The normalized spacial score (nSPS) is 15.6. The van der Waals surface area contributed by atoms with Gasteiger partial charge in [0.1, 0.15) is 5.75 Å². The lowest BCUT2D eigenvalue weighted by Gasteiger charge is -2.26. The van der Waals surface area contributed by atoms with Gasteiger partial charge in [0.25, 0.3) is 0 Å². The molecule has 0 saturated heterocycles. The number of hydrogen-bond acceptors (Lipinski definition) is 5. The molecule has 0 unspecified atom stereocenters. The van der Waals surface area contributed by atoms with Gasteiger partial charge < -0.3 is 10.4 Å². The van der Waals surface area contributed by atoms with E-state index in [0.717, 1.165) is 23.4 Å². The number of nitrogens with one attached hydrogen (secondary N) is 1. The van der Waals surface area contributed by atoms with Crippen LogP contribution in [0.25, 0.3) is 5.57 Å². The molecule has 2 heterocycles. The number of aromatic hydroxyl groups is 1. The predicted octanol–water partition coefficient (Wildman–Crippen LogP) is 2.70. The third-order valence-electron chi connectivity index (χ3n) is 4.14. The minimum Gasteiger partial charge on any atom is -0.506 e. The van der Waals surface area contributed by atoms with Gasteiger partial charge >= 0.3 is 0 Å². The van der Waals surface area contributed by atoms with Crippen LogP contribution in [0.1, 0.15) is 18.9 Å². The summed E-state index contributed by atoms with van der Waals surface area (Å²) < 4.78 is 27.0. The highest BCUT2D eigenvalue weighted by molar-refractivity contribution is 7.89. The zero-order valence-electron chi connectivity index (χ0n) is 14.0. The van der Waals surface area contributed by atoms with E-state index in [2.05, 4.69) is 10.3 Å². The van der Waals surface area contributed by atoms with E-state index in [1.807, 2.05) is 13.0 Å². The Kier molecular flexibility index (Phi) is 5.06. The van der Waals surface area contributed by atoms with Crippen LogP contribution in [-0.2, 0) is 10.0 Å². The Morgan fingerprint density at radius 1 is 1.24 bits per heavy atom. The summed E-state index contributed by atoms with van der Waals surface area (Å²) >= 11 is 0. The second-order valence-electron chi connectivity index (χ2n) is 5.83. The van der Waals surface area contributed by atoms with E-state index >= 15 is 0 Å². The van der Waals surface area contributed by atoms with Gasteiger partial charge in [-0.2, -0.15) is 4.31 Å². The molecule has 0 fully saturated rings. The largest absolute Gasteiger partial charge is 0.506 e. The fourth-order valence-electron chi connectivity index (χ4n) is 2.83. The van der Waals surface area contributed by atoms with Gasteiger partial charge in [-0.15, -0.1) is 0 Å². The van der Waals surface area contributed by atoms with Crippen molar-refractivity contribution in [1.29, 1.82) is 0 Å². The van der Waals surface area contributed by atoms with E-state index in [9.17, 15) is 13.5 Å². The van der Waals surface area contributed by atoms with Crippen molar-refractivity contribution in [3.05, 3.63) is 54.4 Å². The Hall–Kier alpha value is -2.38. The Balaban J connectivity index is 1.76. The lowest BCUT2D eigenvalue weighted by Crippen LogP contribution is -2.34. The molecule has 7 heteroatoms. The smallest absolute Gasteiger partial charge is 0.243 e. The number of aromatic nitrogens is 1. The van der Waals surface area contributed by atoms with Crippen molar-refractivity contribution < 1.29 is 13.5 Å². The number of nitrogens with zero attached hydrogens (tertiary/aromatic N) is 2. The van der Waals surface area contributed by atoms with Crippen molar-refractivity contribution in [2.45, 2.75) is 18.2 Å². The molecular weight excluding hydrogens is 338 g/mol. The van der Waals surface area contributed by atoms with E-state index in [0.29, 0.717) is 24.4 Å². The third-order valence-corrected chi connectivity index (χ3v) is 6.02. The summed E-state index contributed by atoms with van der Waals surface area (Å²) in [7, 11) is -3.51. The molecule has 2 N–H and O–H groups in total. The fourth-order valence-corrected chi connectivity index (χ4v) is 4.21. The lowest BCUT2D eigenvalue weighted by atomic mass is 10.0. The summed E-state index contributed by atoms with van der Waals surface area (Å²) in [4.78, 5) is 4.27. The van der Waals surface area contributed by atoms with Gasteiger partial charge in [0.2, 0.25) is 10.0 Å². The standard InChI is InChI=1S/C18H21N3O3S/c1-2-20-16-3-5-18(6-4-16)25(23,24)21-9-7-14(8-10-21)15-11-17(22)13-19-12-15/h3-7,11-13,20,22H,2,8-10H2,1H3. The average molecular weight is 359 g/mol. The van der Waals surface area contributed by atoms with E-state index in [4.69, 9.17) is 0 Å². The first-order chi connectivity index (χ1) is 12.0. The summed E-state index contributed by atoms with van der Waals surface area (Å²) in [5.74, 6) is 0.106. The van der Waals surface area contributed by atoms with Gasteiger partial charge in [-0.25, -0.2) is 8.42 Å². The molecule has 0 atom stereocenters. The van der Waals surface area contributed by atoms with E-state index in [1.54, 1.807) is 36.5 Å². The van der Waals surface area contributed by atoms with Crippen molar-refractivity contribution in [3.63, 3.8) is 0 Å². The minimum atomic E-state index is -3.51. The van der Waals surface area contributed by atoms with Crippen LogP contribution in [0, 0.1) is 0 Å². The highest BCUT2D eigenvalue weighted by Gasteiger charge is 2.26. The topological polar surface area (TPSA) is 82.5 Å². The first kappa shape index (κ1) is 17.4. The van der Waals surface area contributed by atoms with Gasteiger partial charge in [-0.1, -0.05) is 6.08 Å². The zero-order chi connectivity index (χ0) is 17.9. The second kappa shape index (κ2) is 7.25. The molecule has 25 heavy (non-hydrogen) atoms.